The van der Waals surface area contributed by atoms with Gasteiger partial charge in [0.1, 0.15) is 10.8 Å². The first-order valence-electron chi connectivity index (χ1n) is 5.22. The Morgan fingerprint density at radius 1 is 1.47 bits per heavy atom. The Labute approximate surface area is 94.2 Å². The van der Waals surface area contributed by atoms with Crippen molar-refractivity contribution in [1.82, 2.24) is 4.37 Å². The summed E-state index contributed by atoms with van der Waals surface area (Å²) in [5, 5.41) is 1.22. The van der Waals surface area contributed by atoms with Gasteiger partial charge in [-0.2, -0.15) is 4.37 Å². The lowest BCUT2D eigenvalue weighted by Gasteiger charge is -2.32. The molecule has 0 spiro atoms. The van der Waals surface area contributed by atoms with Crippen LogP contribution in [0.3, 0.4) is 0 Å². The highest BCUT2D eigenvalue weighted by molar-refractivity contribution is 7.10. The number of hydrogen-bond donors (Lipinski definition) is 1. The molecule has 0 atom stereocenters. The number of piperidine rings is 1. The van der Waals surface area contributed by atoms with E-state index in [1.165, 1.54) is 16.5 Å². The summed E-state index contributed by atoms with van der Waals surface area (Å²) in [5.74, 6) is 0.670. The third kappa shape index (κ3) is 2.08. The van der Waals surface area contributed by atoms with E-state index in [2.05, 4.69) is 9.27 Å². The molecule has 1 saturated heterocycles. The molecule has 2 heterocycles. The second kappa shape index (κ2) is 4.37. The lowest BCUT2D eigenvalue weighted by Crippen LogP contribution is -2.36. The Morgan fingerprint density at radius 3 is 2.60 bits per heavy atom. The quantitative estimate of drug-likeness (QED) is 0.834. The summed E-state index contributed by atoms with van der Waals surface area (Å²) in [4.78, 5) is 2.36. The maximum atomic E-state index is 5.75. The van der Waals surface area contributed by atoms with Crippen LogP contribution in [0.5, 0.6) is 0 Å². The molecule has 15 heavy (non-hydrogen) atoms. The number of nitrogens with two attached hydrogens (primary N) is 1. The normalized spacial score (nSPS) is 18.4. The maximum Gasteiger partial charge on any atom is 0.142 e. The van der Waals surface area contributed by atoms with Crippen LogP contribution in [0.4, 0.5) is 10.8 Å². The SMILES string of the molecule is COC1CCN(c2snc(N)c2C)CC1. The highest BCUT2D eigenvalue weighted by atomic mass is 32.1. The topological polar surface area (TPSA) is 51.4 Å². The van der Waals surface area contributed by atoms with Gasteiger partial charge in [0, 0.05) is 25.8 Å². The lowest BCUT2D eigenvalue weighted by atomic mass is 10.1. The molecule has 4 nitrogen and oxygen atoms in total. The number of nitrogen functional groups attached to an aromatic ring is 1. The minimum atomic E-state index is 0.423. The summed E-state index contributed by atoms with van der Waals surface area (Å²) in [7, 11) is 1.79. The smallest absolute Gasteiger partial charge is 0.142 e. The molecule has 84 valence electrons. The monoisotopic (exact) mass is 227 g/mol. The molecule has 1 aromatic rings. The number of nitrogens with zero attached hydrogens (tertiary/aromatic N) is 2. The van der Waals surface area contributed by atoms with Crippen molar-refractivity contribution in [2.75, 3.05) is 30.8 Å². The van der Waals surface area contributed by atoms with Crippen LogP contribution >= 0.6 is 11.5 Å². The lowest BCUT2D eigenvalue weighted by molar-refractivity contribution is 0.0820. The Bertz CT molecular complexity index is 331. The van der Waals surface area contributed by atoms with Crippen LogP contribution in [-0.2, 0) is 4.74 Å². The molecule has 0 unspecified atom stereocenters. The molecule has 0 amide bonds. The van der Waals surface area contributed by atoms with Gasteiger partial charge in [-0.3, -0.25) is 0 Å². The first-order valence-corrected chi connectivity index (χ1v) is 5.99. The predicted octanol–water partition coefficient (Wildman–Crippen LogP) is 1.65. The summed E-state index contributed by atoms with van der Waals surface area (Å²) in [6.07, 6.45) is 2.61. The molecule has 0 bridgehead atoms. The van der Waals surface area contributed by atoms with E-state index in [9.17, 15) is 0 Å². The van der Waals surface area contributed by atoms with E-state index in [4.69, 9.17) is 10.5 Å². The average molecular weight is 227 g/mol. The van der Waals surface area contributed by atoms with Gasteiger partial charge in [-0.25, -0.2) is 0 Å². The fourth-order valence-electron chi connectivity index (χ4n) is 1.93. The molecular weight excluding hydrogens is 210 g/mol. The molecular formula is C10H17N3OS. The zero-order chi connectivity index (χ0) is 10.8. The van der Waals surface area contributed by atoms with E-state index in [0.717, 1.165) is 31.5 Å². The van der Waals surface area contributed by atoms with Gasteiger partial charge in [-0.05, 0) is 31.3 Å². The van der Waals surface area contributed by atoms with Gasteiger partial charge in [-0.1, -0.05) is 0 Å². The van der Waals surface area contributed by atoms with Gasteiger partial charge in [0.2, 0.25) is 0 Å². The Kier molecular flexibility index (Phi) is 3.11. The van der Waals surface area contributed by atoms with Crippen molar-refractivity contribution in [3.8, 4) is 0 Å². The molecule has 1 aliphatic heterocycles. The highest BCUT2D eigenvalue weighted by Crippen LogP contribution is 2.31. The second-order valence-corrected chi connectivity index (χ2v) is 4.67. The molecule has 0 aromatic carbocycles. The van der Waals surface area contributed by atoms with Crippen molar-refractivity contribution in [2.45, 2.75) is 25.9 Å². The Morgan fingerprint density at radius 2 is 2.13 bits per heavy atom. The molecule has 1 aromatic heterocycles. The first-order chi connectivity index (χ1) is 7.22. The fraction of sp³-hybridized carbons (Fsp3) is 0.700. The van der Waals surface area contributed by atoms with Crippen LogP contribution in [0.25, 0.3) is 0 Å². The van der Waals surface area contributed by atoms with E-state index in [1.54, 1.807) is 7.11 Å². The highest BCUT2D eigenvalue weighted by Gasteiger charge is 2.22. The van der Waals surface area contributed by atoms with Gasteiger partial charge >= 0.3 is 0 Å². The minimum Gasteiger partial charge on any atom is -0.383 e. The Balaban J connectivity index is 2.04. The summed E-state index contributed by atoms with van der Waals surface area (Å²) in [5.41, 5.74) is 6.87. The second-order valence-electron chi connectivity index (χ2n) is 3.92. The molecule has 0 radical (unpaired) electrons. The minimum absolute atomic E-state index is 0.423. The van der Waals surface area contributed by atoms with Gasteiger partial charge in [0.25, 0.3) is 0 Å². The first kappa shape index (κ1) is 10.7. The average Bonchev–Trinajstić information content (AvgIpc) is 2.60. The van der Waals surface area contributed by atoms with Crippen molar-refractivity contribution >= 4 is 22.4 Å². The molecule has 2 rings (SSSR count). The standard InChI is InChI=1S/C10H17N3OS/c1-7-9(11)12-15-10(7)13-5-3-8(14-2)4-6-13/h8H,3-6H2,1-2H3,(H2,11,12). The summed E-state index contributed by atoms with van der Waals surface area (Å²) < 4.78 is 9.52. The number of methoxy groups -OCH3 is 1. The van der Waals surface area contributed by atoms with Gasteiger partial charge in [-0.15, -0.1) is 0 Å². The van der Waals surface area contributed by atoms with Gasteiger partial charge in [0.05, 0.1) is 6.10 Å². The van der Waals surface area contributed by atoms with Gasteiger partial charge < -0.3 is 15.4 Å². The Hall–Kier alpha value is -0.810. The molecule has 1 aliphatic rings. The number of anilines is 2. The zero-order valence-corrected chi connectivity index (χ0v) is 10.0. The summed E-state index contributed by atoms with van der Waals surface area (Å²) in [6.45, 7) is 4.12. The van der Waals surface area contributed by atoms with Crippen molar-refractivity contribution in [3.63, 3.8) is 0 Å². The van der Waals surface area contributed by atoms with Crippen molar-refractivity contribution in [3.05, 3.63) is 5.56 Å². The van der Waals surface area contributed by atoms with E-state index < -0.39 is 0 Å². The van der Waals surface area contributed by atoms with Crippen LogP contribution < -0.4 is 10.6 Å². The van der Waals surface area contributed by atoms with Crippen molar-refractivity contribution in [1.29, 1.82) is 0 Å². The molecule has 0 aliphatic carbocycles. The fourth-order valence-corrected chi connectivity index (χ4v) is 2.79. The van der Waals surface area contributed by atoms with E-state index in [-0.39, 0.29) is 0 Å². The van der Waals surface area contributed by atoms with E-state index in [0.29, 0.717) is 11.9 Å². The van der Waals surface area contributed by atoms with E-state index in [1.807, 2.05) is 6.92 Å². The van der Waals surface area contributed by atoms with Crippen LogP contribution in [0.1, 0.15) is 18.4 Å². The molecule has 2 N–H and O–H groups in total. The van der Waals surface area contributed by atoms with Crippen LogP contribution in [-0.4, -0.2) is 30.7 Å². The molecule has 1 fully saturated rings. The van der Waals surface area contributed by atoms with Crippen LogP contribution in [0.15, 0.2) is 0 Å². The number of hydrogen-bond acceptors (Lipinski definition) is 5. The number of rotatable bonds is 2. The van der Waals surface area contributed by atoms with Crippen LogP contribution in [0, 0.1) is 6.92 Å². The molecule has 5 heteroatoms. The van der Waals surface area contributed by atoms with Crippen molar-refractivity contribution in [2.24, 2.45) is 0 Å². The van der Waals surface area contributed by atoms with Crippen molar-refractivity contribution < 1.29 is 4.74 Å². The summed E-state index contributed by atoms with van der Waals surface area (Å²) >= 11 is 1.50. The molecule has 0 saturated carbocycles. The predicted molar refractivity (Wildman–Crippen MR) is 63.5 cm³/mol. The number of ether oxygens (including phenoxy) is 1. The van der Waals surface area contributed by atoms with Crippen LogP contribution in [0.2, 0.25) is 0 Å². The third-order valence-corrected chi connectivity index (χ3v) is 4.02. The summed E-state index contributed by atoms with van der Waals surface area (Å²) in [6, 6.07) is 0. The zero-order valence-electron chi connectivity index (χ0n) is 9.19. The maximum absolute atomic E-state index is 5.75. The van der Waals surface area contributed by atoms with Gasteiger partial charge in [0.15, 0.2) is 0 Å². The largest absolute Gasteiger partial charge is 0.383 e. The van der Waals surface area contributed by atoms with E-state index >= 15 is 0 Å². The number of aromatic nitrogens is 1. The third-order valence-electron chi connectivity index (χ3n) is 3.00.